The highest BCUT2D eigenvalue weighted by atomic mass is 16.6. The van der Waals surface area contributed by atoms with Crippen LogP contribution >= 0.6 is 0 Å². The molecule has 8 nitrogen and oxygen atoms in total. The summed E-state index contributed by atoms with van der Waals surface area (Å²) in [5, 5.41) is 5.34. The zero-order valence-corrected chi connectivity index (χ0v) is 18.5. The van der Waals surface area contributed by atoms with E-state index in [9.17, 15) is 14.4 Å². The van der Waals surface area contributed by atoms with E-state index in [4.69, 9.17) is 14.2 Å². The van der Waals surface area contributed by atoms with Crippen LogP contribution < -0.4 is 10.6 Å². The van der Waals surface area contributed by atoms with Crippen molar-refractivity contribution in [1.82, 2.24) is 10.6 Å². The predicted molar refractivity (Wildman–Crippen MR) is 119 cm³/mol. The van der Waals surface area contributed by atoms with Crippen molar-refractivity contribution in [2.24, 2.45) is 0 Å². The molecule has 0 fully saturated rings. The van der Waals surface area contributed by atoms with E-state index >= 15 is 0 Å². The highest BCUT2D eigenvalue weighted by molar-refractivity contribution is 5.69. The summed E-state index contributed by atoms with van der Waals surface area (Å²) < 4.78 is 15.3. The lowest BCUT2D eigenvalue weighted by atomic mass is 10.1. The van der Waals surface area contributed by atoms with E-state index in [0.29, 0.717) is 13.0 Å². The Morgan fingerprint density at radius 3 is 2.09 bits per heavy atom. The first kappa shape index (κ1) is 24.7. The first-order chi connectivity index (χ1) is 15.4. The lowest BCUT2D eigenvalue weighted by molar-refractivity contribution is -0.145. The number of benzene rings is 2. The molecular weight excluding hydrogens is 412 g/mol. The maximum Gasteiger partial charge on any atom is 0.407 e. The van der Waals surface area contributed by atoms with Crippen LogP contribution in [0.1, 0.15) is 43.4 Å². The van der Waals surface area contributed by atoms with E-state index in [1.807, 2.05) is 54.6 Å². The van der Waals surface area contributed by atoms with Crippen molar-refractivity contribution in [3.8, 4) is 0 Å². The van der Waals surface area contributed by atoms with Gasteiger partial charge in [0.1, 0.15) is 6.61 Å². The monoisotopic (exact) mass is 442 g/mol. The molecule has 0 atom stereocenters. The minimum atomic E-state index is -0.563. The third-order valence-electron chi connectivity index (χ3n) is 4.21. The second-order valence-corrected chi connectivity index (χ2v) is 7.37. The zero-order valence-electron chi connectivity index (χ0n) is 18.5. The lowest BCUT2D eigenvalue weighted by Gasteiger charge is -2.11. The van der Waals surface area contributed by atoms with Gasteiger partial charge < -0.3 is 24.8 Å². The van der Waals surface area contributed by atoms with Crippen molar-refractivity contribution in [2.75, 3.05) is 6.61 Å². The normalized spacial score (nSPS) is 10.3. The van der Waals surface area contributed by atoms with E-state index in [2.05, 4.69) is 10.6 Å². The van der Waals surface area contributed by atoms with Crippen molar-refractivity contribution in [2.45, 2.75) is 52.5 Å². The molecule has 32 heavy (non-hydrogen) atoms. The molecule has 2 N–H and O–H groups in total. The molecule has 0 aliphatic heterocycles. The van der Waals surface area contributed by atoms with Crippen LogP contribution in [0.3, 0.4) is 0 Å². The van der Waals surface area contributed by atoms with Gasteiger partial charge in [-0.05, 0) is 37.0 Å². The Morgan fingerprint density at radius 1 is 0.812 bits per heavy atom. The van der Waals surface area contributed by atoms with E-state index < -0.39 is 12.2 Å². The molecule has 172 valence electrons. The van der Waals surface area contributed by atoms with Crippen molar-refractivity contribution in [3.05, 3.63) is 71.3 Å². The summed E-state index contributed by atoms with van der Waals surface area (Å²) in [6, 6.07) is 16.9. The van der Waals surface area contributed by atoms with Crippen LogP contribution in [-0.2, 0) is 38.7 Å². The van der Waals surface area contributed by atoms with Crippen LogP contribution in [0.5, 0.6) is 0 Å². The van der Waals surface area contributed by atoms with Gasteiger partial charge in [0.2, 0.25) is 0 Å². The first-order valence-corrected chi connectivity index (χ1v) is 10.5. The van der Waals surface area contributed by atoms with Gasteiger partial charge in [-0.1, -0.05) is 54.6 Å². The molecule has 0 aliphatic rings. The van der Waals surface area contributed by atoms with E-state index in [0.717, 1.165) is 16.7 Å². The van der Waals surface area contributed by atoms with Crippen LogP contribution in [0.4, 0.5) is 9.59 Å². The Balaban J connectivity index is 1.59. The third kappa shape index (κ3) is 10.5. The lowest BCUT2D eigenvalue weighted by Crippen LogP contribution is -2.26. The summed E-state index contributed by atoms with van der Waals surface area (Å²) in [5.41, 5.74) is 2.67. The molecule has 0 saturated carbocycles. The number of alkyl carbamates (subject to hydrolysis) is 2. The summed E-state index contributed by atoms with van der Waals surface area (Å²) in [6.45, 7) is 4.51. The summed E-state index contributed by atoms with van der Waals surface area (Å²) in [6.07, 6.45) is -0.664. The Kier molecular flexibility index (Phi) is 10.6. The van der Waals surface area contributed by atoms with Gasteiger partial charge in [-0.25, -0.2) is 9.59 Å². The molecule has 8 heteroatoms. The fourth-order valence-corrected chi connectivity index (χ4v) is 2.70. The van der Waals surface area contributed by atoms with E-state index in [1.165, 1.54) is 0 Å². The molecule has 2 aromatic rings. The molecule has 2 aromatic carbocycles. The van der Waals surface area contributed by atoms with Crippen LogP contribution in [-0.4, -0.2) is 30.9 Å². The van der Waals surface area contributed by atoms with E-state index in [1.54, 1.807) is 13.8 Å². The molecule has 2 amide bonds. The molecule has 2 rings (SSSR count). The first-order valence-electron chi connectivity index (χ1n) is 10.5. The van der Waals surface area contributed by atoms with Gasteiger partial charge in [0.15, 0.2) is 0 Å². The van der Waals surface area contributed by atoms with Gasteiger partial charge in [-0.2, -0.15) is 0 Å². The molecule has 0 heterocycles. The quantitative estimate of drug-likeness (QED) is 0.309. The molecule has 0 bridgehead atoms. The number of carbonyl (C=O) groups is 3. The van der Waals surface area contributed by atoms with Crippen molar-refractivity contribution in [3.63, 3.8) is 0 Å². The van der Waals surface area contributed by atoms with E-state index in [-0.39, 0.29) is 38.3 Å². The Labute approximate surface area is 188 Å². The fourth-order valence-electron chi connectivity index (χ4n) is 2.70. The van der Waals surface area contributed by atoms with Crippen LogP contribution in [0.2, 0.25) is 0 Å². The summed E-state index contributed by atoms with van der Waals surface area (Å²) in [5.74, 6) is -0.333. The molecule has 0 radical (unpaired) electrons. The highest BCUT2D eigenvalue weighted by Crippen LogP contribution is 2.06. The maximum absolute atomic E-state index is 11.9. The maximum atomic E-state index is 11.9. The van der Waals surface area contributed by atoms with Crippen molar-refractivity contribution >= 4 is 18.2 Å². The number of amides is 2. The highest BCUT2D eigenvalue weighted by Gasteiger charge is 2.07. The fraction of sp³-hybridized carbons (Fsp3) is 0.375. The topological polar surface area (TPSA) is 103 Å². The van der Waals surface area contributed by atoms with Gasteiger partial charge in [0.25, 0.3) is 0 Å². The number of rotatable bonds is 11. The minimum absolute atomic E-state index is 0.119. The average molecular weight is 443 g/mol. The number of hydrogen-bond acceptors (Lipinski definition) is 6. The second kappa shape index (κ2) is 13.7. The van der Waals surface area contributed by atoms with Crippen LogP contribution in [0.25, 0.3) is 0 Å². The van der Waals surface area contributed by atoms with Gasteiger partial charge in [-0.15, -0.1) is 0 Å². The van der Waals surface area contributed by atoms with Gasteiger partial charge in [0, 0.05) is 19.5 Å². The van der Waals surface area contributed by atoms with Crippen molar-refractivity contribution < 1.29 is 28.6 Å². The largest absolute Gasteiger partial charge is 0.461 e. The number of esters is 1. The smallest absolute Gasteiger partial charge is 0.407 e. The molecular formula is C24H30N2O6. The summed E-state index contributed by atoms with van der Waals surface area (Å²) >= 11 is 0. The SMILES string of the molecule is CC(C)OC(=O)NCc1cccc(CNC(=O)OCCCC(=O)OCc2ccccc2)c1. The van der Waals surface area contributed by atoms with Gasteiger partial charge in [-0.3, -0.25) is 4.79 Å². The molecule has 0 spiro atoms. The summed E-state index contributed by atoms with van der Waals surface area (Å²) in [7, 11) is 0. The Morgan fingerprint density at radius 2 is 1.44 bits per heavy atom. The predicted octanol–water partition coefficient (Wildman–Crippen LogP) is 4.07. The average Bonchev–Trinajstić information content (AvgIpc) is 2.78. The molecule has 0 saturated heterocycles. The number of hydrogen-bond donors (Lipinski definition) is 2. The third-order valence-corrected chi connectivity index (χ3v) is 4.21. The van der Waals surface area contributed by atoms with Gasteiger partial charge in [0.05, 0.1) is 12.7 Å². The number of nitrogens with one attached hydrogen (secondary N) is 2. The Hall–Kier alpha value is -3.55. The second-order valence-electron chi connectivity index (χ2n) is 7.37. The summed E-state index contributed by atoms with van der Waals surface area (Å²) in [4.78, 5) is 35.2. The van der Waals surface area contributed by atoms with Gasteiger partial charge >= 0.3 is 18.2 Å². The standard InChI is InChI=1S/C24H30N2O6/c1-18(2)32-24(29)26-16-21-11-6-10-20(14-21)15-25-23(28)30-13-7-12-22(27)31-17-19-8-4-3-5-9-19/h3-6,8-11,14,18H,7,12-13,15-17H2,1-2H3,(H,25,28)(H,26,29). The van der Waals surface area contributed by atoms with Crippen LogP contribution in [0.15, 0.2) is 54.6 Å². The Bertz CT molecular complexity index is 870. The number of ether oxygens (including phenoxy) is 3. The zero-order chi connectivity index (χ0) is 23.2. The molecule has 0 unspecified atom stereocenters. The number of carbonyl (C=O) groups excluding carboxylic acids is 3. The van der Waals surface area contributed by atoms with Crippen LogP contribution in [0, 0.1) is 0 Å². The molecule has 0 aromatic heterocycles. The molecule has 0 aliphatic carbocycles. The minimum Gasteiger partial charge on any atom is -0.461 e. The van der Waals surface area contributed by atoms with Crippen molar-refractivity contribution in [1.29, 1.82) is 0 Å².